The van der Waals surface area contributed by atoms with Crippen LogP contribution in [0.5, 0.6) is 0 Å². The lowest BCUT2D eigenvalue weighted by molar-refractivity contribution is 0.0698. The van der Waals surface area contributed by atoms with Crippen LogP contribution in [0, 0.1) is 0 Å². The number of nitrogens with two attached hydrogens (primary N) is 1. The molecule has 1 aromatic rings. The summed E-state index contributed by atoms with van der Waals surface area (Å²) in [5.41, 5.74) is 5.56. The Morgan fingerprint density at radius 2 is 2.08 bits per heavy atom. The summed E-state index contributed by atoms with van der Waals surface area (Å²) < 4.78 is 0. The predicted octanol–water partition coefficient (Wildman–Crippen LogP) is 0.942. The largest absolute Gasteiger partial charge is 0.478 e. The fourth-order valence-corrected chi connectivity index (χ4v) is 0.872. The second-order valence-electron chi connectivity index (χ2n) is 2.23. The van der Waals surface area contributed by atoms with E-state index in [0.717, 1.165) is 0 Å². The lowest BCUT2D eigenvalue weighted by Crippen LogP contribution is -2.04. The third-order valence-corrected chi connectivity index (χ3v) is 1.50. The van der Waals surface area contributed by atoms with E-state index in [0.29, 0.717) is 6.29 Å². The number of para-hydroxylation sites is 1. The zero-order valence-electron chi connectivity index (χ0n) is 6.86. The zero-order chi connectivity index (χ0) is 9.14. The molecule has 0 heterocycles. The molecule has 1 rings (SSSR count). The third kappa shape index (κ3) is 2.03. The quantitative estimate of drug-likeness (QED) is 0.465. The molecule has 0 saturated heterocycles. The van der Waals surface area contributed by atoms with Gasteiger partial charge in [-0.25, -0.2) is 4.79 Å². The van der Waals surface area contributed by atoms with Gasteiger partial charge in [0, 0.05) is 5.56 Å². The maximum atomic E-state index is 10.5. The van der Waals surface area contributed by atoms with Gasteiger partial charge in [0.15, 0.2) is 6.29 Å². The lowest BCUT2D eigenvalue weighted by atomic mass is 10.1. The molecule has 0 spiro atoms. The first kappa shape index (κ1) is 11.1. The maximum absolute atomic E-state index is 10.5. The number of hydrogen-bond acceptors (Lipinski definition) is 4. The molecular formula is C8H10N2O3. The molecule has 0 saturated carbocycles. The van der Waals surface area contributed by atoms with Crippen molar-refractivity contribution in [3.8, 4) is 0 Å². The molecule has 0 fully saturated rings. The monoisotopic (exact) mass is 182 g/mol. The van der Waals surface area contributed by atoms with Crippen LogP contribution in [-0.2, 0) is 0 Å². The number of carbonyl (C=O) groups is 2. The molecule has 6 N–H and O–H groups in total. The molecule has 0 bridgehead atoms. The van der Waals surface area contributed by atoms with Crippen LogP contribution in [-0.4, -0.2) is 17.4 Å². The molecule has 0 aliphatic heterocycles. The van der Waals surface area contributed by atoms with Gasteiger partial charge < -0.3 is 17.0 Å². The first-order valence-electron chi connectivity index (χ1n) is 3.23. The Morgan fingerprint density at radius 1 is 1.46 bits per heavy atom. The Labute approximate surface area is 74.8 Å². The van der Waals surface area contributed by atoms with Crippen LogP contribution >= 0.6 is 0 Å². The SMILES string of the molecule is N.Nc1c(C=O)cccc1C(=O)O. The molecule has 0 aliphatic carbocycles. The summed E-state index contributed by atoms with van der Waals surface area (Å²) in [6.07, 6.45) is 0.530. The molecule has 1 aromatic carbocycles. The summed E-state index contributed by atoms with van der Waals surface area (Å²) in [5.74, 6) is -1.13. The van der Waals surface area contributed by atoms with Crippen molar-refractivity contribution in [2.24, 2.45) is 0 Å². The lowest BCUT2D eigenvalue weighted by Gasteiger charge is -2.01. The number of carboxylic acid groups (broad SMARTS) is 1. The molecule has 0 aromatic heterocycles. The number of hydrogen-bond donors (Lipinski definition) is 3. The molecule has 0 radical (unpaired) electrons. The highest BCUT2D eigenvalue weighted by molar-refractivity contribution is 5.98. The number of benzene rings is 1. The van der Waals surface area contributed by atoms with E-state index in [-0.39, 0.29) is 23.0 Å². The van der Waals surface area contributed by atoms with Gasteiger partial charge in [0.1, 0.15) is 0 Å². The summed E-state index contributed by atoms with van der Waals surface area (Å²) in [6, 6.07) is 4.29. The average molecular weight is 182 g/mol. The Kier molecular flexibility index (Phi) is 3.61. The van der Waals surface area contributed by atoms with Gasteiger partial charge in [0.05, 0.1) is 11.3 Å². The molecule has 70 valence electrons. The van der Waals surface area contributed by atoms with E-state index in [2.05, 4.69) is 0 Å². The van der Waals surface area contributed by atoms with Gasteiger partial charge in [-0.1, -0.05) is 6.07 Å². The second-order valence-corrected chi connectivity index (χ2v) is 2.23. The number of aromatic carboxylic acids is 1. The summed E-state index contributed by atoms with van der Waals surface area (Å²) in [6.45, 7) is 0. The molecule has 5 nitrogen and oxygen atoms in total. The van der Waals surface area contributed by atoms with Crippen LogP contribution < -0.4 is 11.9 Å². The number of anilines is 1. The van der Waals surface area contributed by atoms with Crippen LogP contribution in [0.4, 0.5) is 5.69 Å². The summed E-state index contributed by atoms with van der Waals surface area (Å²) >= 11 is 0. The van der Waals surface area contributed by atoms with Crippen LogP contribution in [0.15, 0.2) is 18.2 Å². The van der Waals surface area contributed by atoms with E-state index in [4.69, 9.17) is 10.8 Å². The summed E-state index contributed by atoms with van der Waals surface area (Å²) in [4.78, 5) is 20.8. The number of rotatable bonds is 2. The molecule has 0 amide bonds. The van der Waals surface area contributed by atoms with Gasteiger partial charge >= 0.3 is 5.97 Å². The van der Waals surface area contributed by atoms with Crippen molar-refractivity contribution in [3.05, 3.63) is 29.3 Å². The van der Waals surface area contributed by atoms with Crippen molar-refractivity contribution in [2.75, 3.05) is 5.73 Å². The third-order valence-electron chi connectivity index (χ3n) is 1.50. The molecule has 0 aliphatic rings. The topological polar surface area (TPSA) is 115 Å². The predicted molar refractivity (Wildman–Crippen MR) is 48.2 cm³/mol. The molecule has 5 heteroatoms. The normalized spacial score (nSPS) is 8.62. The first-order chi connectivity index (χ1) is 5.66. The van der Waals surface area contributed by atoms with E-state index in [1.165, 1.54) is 18.2 Å². The zero-order valence-corrected chi connectivity index (χ0v) is 6.86. The van der Waals surface area contributed by atoms with Gasteiger partial charge in [0.2, 0.25) is 0 Å². The molecule has 0 unspecified atom stereocenters. The maximum Gasteiger partial charge on any atom is 0.337 e. The average Bonchev–Trinajstić information content (AvgIpc) is 2.04. The van der Waals surface area contributed by atoms with Crippen LogP contribution in [0.2, 0.25) is 0 Å². The highest BCUT2D eigenvalue weighted by Crippen LogP contribution is 2.15. The smallest absolute Gasteiger partial charge is 0.337 e. The van der Waals surface area contributed by atoms with Crippen LogP contribution in [0.1, 0.15) is 20.7 Å². The van der Waals surface area contributed by atoms with Crippen LogP contribution in [0.25, 0.3) is 0 Å². The van der Waals surface area contributed by atoms with Crippen molar-refractivity contribution in [1.82, 2.24) is 6.15 Å². The van der Waals surface area contributed by atoms with Gasteiger partial charge in [-0.15, -0.1) is 0 Å². The number of carbonyl (C=O) groups excluding carboxylic acids is 1. The highest BCUT2D eigenvalue weighted by Gasteiger charge is 2.09. The molecule has 13 heavy (non-hydrogen) atoms. The van der Waals surface area contributed by atoms with Gasteiger partial charge in [0.25, 0.3) is 0 Å². The summed E-state index contributed by atoms with van der Waals surface area (Å²) in [5, 5.41) is 8.59. The number of aldehydes is 1. The van der Waals surface area contributed by atoms with E-state index < -0.39 is 5.97 Å². The highest BCUT2D eigenvalue weighted by atomic mass is 16.4. The van der Waals surface area contributed by atoms with E-state index in [1.807, 2.05) is 0 Å². The van der Waals surface area contributed by atoms with Crippen molar-refractivity contribution in [2.45, 2.75) is 0 Å². The van der Waals surface area contributed by atoms with Crippen molar-refractivity contribution in [3.63, 3.8) is 0 Å². The van der Waals surface area contributed by atoms with Crippen LogP contribution in [0.3, 0.4) is 0 Å². The number of carboxylic acids is 1. The van der Waals surface area contributed by atoms with E-state index >= 15 is 0 Å². The minimum atomic E-state index is -1.13. The van der Waals surface area contributed by atoms with Crippen molar-refractivity contribution >= 4 is 17.9 Å². The van der Waals surface area contributed by atoms with Gasteiger partial charge in [-0.3, -0.25) is 4.79 Å². The summed E-state index contributed by atoms with van der Waals surface area (Å²) in [7, 11) is 0. The van der Waals surface area contributed by atoms with Gasteiger partial charge in [-0.05, 0) is 12.1 Å². The number of nitrogen functional groups attached to an aromatic ring is 1. The van der Waals surface area contributed by atoms with Crippen molar-refractivity contribution < 1.29 is 14.7 Å². The molecule has 0 atom stereocenters. The van der Waals surface area contributed by atoms with Gasteiger partial charge in [-0.2, -0.15) is 0 Å². The van der Waals surface area contributed by atoms with E-state index in [9.17, 15) is 9.59 Å². The fourth-order valence-electron chi connectivity index (χ4n) is 0.872. The second kappa shape index (κ2) is 4.22. The Morgan fingerprint density at radius 3 is 2.54 bits per heavy atom. The molecular weight excluding hydrogens is 172 g/mol. The minimum absolute atomic E-state index is 0. The Balaban J connectivity index is 0.00000144. The Hall–Kier alpha value is -1.88. The Bertz CT molecular complexity index is 336. The minimum Gasteiger partial charge on any atom is -0.478 e. The first-order valence-corrected chi connectivity index (χ1v) is 3.23. The standard InChI is InChI=1S/C8H7NO3.H3N/c9-7-5(4-10)2-1-3-6(7)8(11)12;/h1-4H,9H2,(H,11,12);1H3. The van der Waals surface area contributed by atoms with E-state index in [1.54, 1.807) is 0 Å². The fraction of sp³-hybridized carbons (Fsp3) is 0. The van der Waals surface area contributed by atoms with Crippen molar-refractivity contribution in [1.29, 1.82) is 0 Å².